The Morgan fingerprint density at radius 1 is 1.15 bits per heavy atom. The van der Waals surface area contributed by atoms with E-state index in [1.165, 1.54) is 47.6 Å². The average Bonchev–Trinajstić information content (AvgIpc) is 3.13. The lowest BCUT2D eigenvalue weighted by Crippen LogP contribution is -2.50. The number of carbonyl (C=O) groups excluding carboxylic acids is 3. The molecule has 0 atom stereocenters. The Bertz CT molecular complexity index is 795. The van der Waals surface area contributed by atoms with Crippen molar-refractivity contribution >= 4 is 23.5 Å². The van der Waals surface area contributed by atoms with Crippen molar-refractivity contribution in [3.63, 3.8) is 0 Å². The topological polar surface area (TPSA) is 88.9 Å². The zero-order chi connectivity index (χ0) is 20.0. The molecule has 8 heteroatoms. The van der Waals surface area contributed by atoms with Crippen LogP contribution in [0.25, 0.3) is 0 Å². The lowest BCUT2D eigenvalue weighted by Gasteiger charge is -2.35. The summed E-state index contributed by atoms with van der Waals surface area (Å²) < 4.78 is 22.8. The Morgan fingerprint density at radius 3 is 2.37 bits per heavy atom. The van der Waals surface area contributed by atoms with Gasteiger partial charge in [0.2, 0.25) is 11.7 Å². The van der Waals surface area contributed by atoms with Crippen molar-refractivity contribution in [3.8, 4) is 0 Å². The summed E-state index contributed by atoms with van der Waals surface area (Å²) in [5.74, 6) is -2.19. The molecule has 1 N–H and O–H groups in total. The summed E-state index contributed by atoms with van der Waals surface area (Å²) in [7, 11) is 0. The number of carbonyl (C=O) groups is 3. The van der Waals surface area contributed by atoms with E-state index in [1.54, 1.807) is 20.8 Å². The van der Waals surface area contributed by atoms with Gasteiger partial charge < -0.3 is 19.4 Å². The van der Waals surface area contributed by atoms with Gasteiger partial charge in [-0.15, -0.1) is 0 Å². The molecule has 0 unspecified atom stereocenters. The van der Waals surface area contributed by atoms with Crippen LogP contribution in [0.15, 0.2) is 47.1 Å². The van der Waals surface area contributed by atoms with Gasteiger partial charge in [-0.3, -0.25) is 9.59 Å². The van der Waals surface area contributed by atoms with Gasteiger partial charge in [0, 0.05) is 11.2 Å². The summed E-state index contributed by atoms with van der Waals surface area (Å²) in [5, 5.41) is 2.59. The van der Waals surface area contributed by atoms with Gasteiger partial charge in [-0.2, -0.15) is 0 Å². The Morgan fingerprint density at radius 2 is 1.81 bits per heavy atom. The highest BCUT2D eigenvalue weighted by molar-refractivity contribution is 5.95. The first-order valence-corrected chi connectivity index (χ1v) is 8.23. The van der Waals surface area contributed by atoms with Gasteiger partial charge in [0.25, 0.3) is 5.91 Å². The smallest absolute Gasteiger partial charge is 0.374 e. The SMILES string of the molecule is CC(C)(C)N(CC(=O)Nc1ccc(F)cc1)C(=O)COC(=O)c1ccco1. The molecule has 27 heavy (non-hydrogen) atoms. The zero-order valence-electron chi connectivity index (χ0n) is 15.3. The molecule has 0 aliphatic heterocycles. The van der Waals surface area contributed by atoms with Gasteiger partial charge in [0.05, 0.1) is 6.26 Å². The summed E-state index contributed by atoms with van der Waals surface area (Å²) in [4.78, 5) is 37.8. The monoisotopic (exact) mass is 376 g/mol. The van der Waals surface area contributed by atoms with E-state index in [-0.39, 0.29) is 12.3 Å². The number of esters is 1. The van der Waals surface area contributed by atoms with Gasteiger partial charge in [-0.1, -0.05) is 0 Å². The molecular formula is C19H21FN2O5. The predicted octanol–water partition coefficient (Wildman–Crippen LogP) is 2.84. The molecule has 0 fully saturated rings. The molecule has 1 heterocycles. The Balaban J connectivity index is 1.97. The summed E-state index contributed by atoms with van der Waals surface area (Å²) in [6, 6.07) is 8.22. The van der Waals surface area contributed by atoms with Crippen LogP contribution in [0.3, 0.4) is 0 Å². The van der Waals surface area contributed by atoms with E-state index < -0.39 is 35.7 Å². The number of rotatable bonds is 6. The van der Waals surface area contributed by atoms with Gasteiger partial charge >= 0.3 is 5.97 Å². The highest BCUT2D eigenvalue weighted by atomic mass is 19.1. The highest BCUT2D eigenvalue weighted by Gasteiger charge is 2.29. The number of nitrogens with one attached hydrogen (secondary N) is 1. The van der Waals surface area contributed by atoms with Crippen molar-refractivity contribution in [2.45, 2.75) is 26.3 Å². The third-order valence-corrected chi connectivity index (χ3v) is 3.59. The molecule has 0 bridgehead atoms. The normalized spacial score (nSPS) is 11.0. The maximum atomic E-state index is 12.9. The van der Waals surface area contributed by atoms with E-state index >= 15 is 0 Å². The van der Waals surface area contributed by atoms with Crippen molar-refractivity contribution < 1.29 is 27.9 Å². The average molecular weight is 376 g/mol. The molecule has 2 amide bonds. The fraction of sp³-hybridized carbons (Fsp3) is 0.316. The largest absolute Gasteiger partial charge is 0.457 e. The third-order valence-electron chi connectivity index (χ3n) is 3.59. The standard InChI is InChI=1S/C19H21FN2O5/c1-19(2,3)22(11-16(23)21-14-8-6-13(20)7-9-14)17(24)12-27-18(25)15-5-4-10-26-15/h4-10H,11-12H2,1-3H3,(H,21,23). The molecule has 0 aliphatic rings. The molecule has 1 aromatic heterocycles. The number of amides is 2. The molecule has 0 radical (unpaired) electrons. The van der Waals surface area contributed by atoms with E-state index in [0.717, 1.165) is 0 Å². The van der Waals surface area contributed by atoms with Gasteiger partial charge in [0.15, 0.2) is 6.61 Å². The van der Waals surface area contributed by atoms with Crippen molar-refractivity contribution in [2.75, 3.05) is 18.5 Å². The van der Waals surface area contributed by atoms with Gasteiger partial charge in [-0.05, 0) is 57.2 Å². The number of furan rings is 1. The first-order valence-electron chi connectivity index (χ1n) is 8.23. The minimum absolute atomic E-state index is 0.0147. The fourth-order valence-electron chi connectivity index (χ4n) is 2.25. The van der Waals surface area contributed by atoms with Crippen LogP contribution >= 0.6 is 0 Å². The third kappa shape index (κ3) is 5.95. The molecule has 0 saturated carbocycles. The van der Waals surface area contributed by atoms with E-state index in [9.17, 15) is 18.8 Å². The maximum absolute atomic E-state index is 12.9. The molecule has 144 valence electrons. The first-order chi connectivity index (χ1) is 12.7. The summed E-state index contributed by atoms with van der Waals surface area (Å²) in [5.41, 5.74) is -0.277. The number of anilines is 1. The Kier molecular flexibility index (Phi) is 6.33. The molecule has 2 aromatic rings. The lowest BCUT2D eigenvalue weighted by atomic mass is 10.1. The number of ether oxygens (including phenoxy) is 1. The van der Waals surface area contributed by atoms with Crippen LogP contribution in [-0.4, -0.2) is 41.4 Å². The molecule has 1 aromatic carbocycles. The Hall–Kier alpha value is -3.16. The molecular weight excluding hydrogens is 355 g/mol. The summed E-state index contributed by atoms with van der Waals surface area (Å²) in [6.07, 6.45) is 1.32. The van der Waals surface area contributed by atoms with Crippen LogP contribution in [0, 0.1) is 5.82 Å². The molecule has 0 aliphatic carbocycles. The van der Waals surface area contributed by atoms with Crippen molar-refractivity contribution in [3.05, 3.63) is 54.2 Å². The molecule has 2 rings (SSSR count). The van der Waals surface area contributed by atoms with Gasteiger partial charge in [0.1, 0.15) is 12.4 Å². The van der Waals surface area contributed by atoms with Crippen LogP contribution in [0.5, 0.6) is 0 Å². The maximum Gasteiger partial charge on any atom is 0.374 e. The van der Waals surface area contributed by atoms with Crippen LogP contribution in [0.4, 0.5) is 10.1 Å². The van der Waals surface area contributed by atoms with Crippen LogP contribution in [0.2, 0.25) is 0 Å². The minimum atomic E-state index is -0.766. The number of hydrogen-bond acceptors (Lipinski definition) is 5. The summed E-state index contributed by atoms with van der Waals surface area (Å²) >= 11 is 0. The number of hydrogen-bond donors (Lipinski definition) is 1. The second-order valence-corrected chi connectivity index (χ2v) is 6.76. The quantitative estimate of drug-likeness (QED) is 0.783. The summed E-state index contributed by atoms with van der Waals surface area (Å²) in [6.45, 7) is 4.48. The van der Waals surface area contributed by atoms with Crippen LogP contribution in [-0.2, 0) is 14.3 Å². The van der Waals surface area contributed by atoms with Crippen LogP contribution < -0.4 is 5.32 Å². The van der Waals surface area contributed by atoms with Crippen molar-refractivity contribution in [1.82, 2.24) is 4.90 Å². The molecule has 0 spiro atoms. The van der Waals surface area contributed by atoms with E-state index in [0.29, 0.717) is 5.69 Å². The minimum Gasteiger partial charge on any atom is -0.457 e. The molecule has 0 saturated heterocycles. The predicted molar refractivity (Wildman–Crippen MR) is 95.5 cm³/mol. The van der Waals surface area contributed by atoms with Crippen molar-refractivity contribution in [2.24, 2.45) is 0 Å². The zero-order valence-corrected chi connectivity index (χ0v) is 15.3. The molecule has 7 nitrogen and oxygen atoms in total. The fourth-order valence-corrected chi connectivity index (χ4v) is 2.25. The van der Waals surface area contributed by atoms with E-state index in [2.05, 4.69) is 5.32 Å². The second kappa shape index (κ2) is 8.48. The second-order valence-electron chi connectivity index (χ2n) is 6.76. The van der Waals surface area contributed by atoms with Crippen LogP contribution in [0.1, 0.15) is 31.3 Å². The number of nitrogens with zero attached hydrogens (tertiary/aromatic N) is 1. The van der Waals surface area contributed by atoms with Gasteiger partial charge in [-0.25, -0.2) is 9.18 Å². The van der Waals surface area contributed by atoms with E-state index in [4.69, 9.17) is 9.15 Å². The lowest BCUT2D eigenvalue weighted by molar-refractivity contribution is -0.142. The number of halogens is 1. The Labute approximate surface area is 156 Å². The number of benzene rings is 1. The van der Waals surface area contributed by atoms with Crippen molar-refractivity contribution in [1.29, 1.82) is 0 Å². The van der Waals surface area contributed by atoms with E-state index in [1.807, 2.05) is 0 Å². The highest BCUT2D eigenvalue weighted by Crippen LogP contribution is 2.15. The first kappa shape index (κ1) is 20.2.